The average Bonchev–Trinajstić information content (AvgIpc) is 2.53. The van der Waals surface area contributed by atoms with Gasteiger partial charge in [-0.05, 0) is 18.8 Å². The molecule has 0 bridgehead atoms. The van der Waals surface area contributed by atoms with E-state index < -0.39 is 11.8 Å². The maximum Gasteiger partial charge on any atom is 0.372 e. The fourth-order valence-corrected chi connectivity index (χ4v) is 1.87. The standard InChI is InChI=1S/C9H14O3/c1-6(8(10)9(11)12)7-4-2-3-5-7/h6-7H,2-5H2,1H3,(H,11,12). The van der Waals surface area contributed by atoms with E-state index in [4.69, 9.17) is 5.11 Å². The highest BCUT2D eigenvalue weighted by atomic mass is 16.4. The molecule has 68 valence electrons. The van der Waals surface area contributed by atoms with Crippen molar-refractivity contribution < 1.29 is 14.7 Å². The molecule has 0 spiro atoms. The van der Waals surface area contributed by atoms with Gasteiger partial charge < -0.3 is 5.11 Å². The van der Waals surface area contributed by atoms with Crippen LogP contribution in [-0.2, 0) is 9.59 Å². The number of Topliss-reactive ketones (excluding diaryl/α,β-unsaturated/α-hetero) is 1. The summed E-state index contributed by atoms with van der Waals surface area (Å²) in [6.45, 7) is 1.73. The van der Waals surface area contributed by atoms with Crippen molar-refractivity contribution in [3.05, 3.63) is 0 Å². The van der Waals surface area contributed by atoms with Gasteiger partial charge in [-0.3, -0.25) is 4.79 Å². The van der Waals surface area contributed by atoms with Gasteiger partial charge in [0, 0.05) is 5.92 Å². The Hall–Kier alpha value is -0.860. The Morgan fingerprint density at radius 2 is 1.83 bits per heavy atom. The van der Waals surface area contributed by atoms with Crippen molar-refractivity contribution in [3.8, 4) is 0 Å². The number of hydrogen-bond acceptors (Lipinski definition) is 2. The first kappa shape index (κ1) is 9.23. The summed E-state index contributed by atoms with van der Waals surface area (Å²) in [5.41, 5.74) is 0. The smallest absolute Gasteiger partial charge is 0.372 e. The molecule has 0 aromatic carbocycles. The fraction of sp³-hybridized carbons (Fsp3) is 0.778. The molecule has 0 heterocycles. The molecule has 1 unspecified atom stereocenters. The number of rotatable bonds is 3. The summed E-state index contributed by atoms with van der Waals surface area (Å²) >= 11 is 0. The van der Waals surface area contributed by atoms with Crippen molar-refractivity contribution >= 4 is 11.8 Å². The molecule has 1 saturated carbocycles. The number of carboxylic acids is 1. The number of hydrogen-bond donors (Lipinski definition) is 1. The predicted octanol–water partition coefficient (Wildman–Crippen LogP) is 1.47. The molecule has 0 aliphatic heterocycles. The van der Waals surface area contributed by atoms with Gasteiger partial charge in [0.05, 0.1) is 0 Å². The van der Waals surface area contributed by atoms with Crippen LogP contribution in [0.15, 0.2) is 0 Å². The van der Waals surface area contributed by atoms with Crippen molar-refractivity contribution in [2.24, 2.45) is 11.8 Å². The van der Waals surface area contributed by atoms with E-state index in [0.29, 0.717) is 5.92 Å². The second kappa shape index (κ2) is 3.70. The number of ketones is 1. The van der Waals surface area contributed by atoms with Crippen LogP contribution in [0.4, 0.5) is 0 Å². The lowest BCUT2D eigenvalue weighted by atomic mass is 9.89. The molecule has 3 heteroatoms. The first-order valence-corrected chi connectivity index (χ1v) is 4.40. The molecule has 1 fully saturated rings. The zero-order valence-corrected chi connectivity index (χ0v) is 7.25. The van der Waals surface area contributed by atoms with E-state index in [1.165, 1.54) is 0 Å². The van der Waals surface area contributed by atoms with Crippen LogP contribution in [0.25, 0.3) is 0 Å². The maximum absolute atomic E-state index is 11.0. The van der Waals surface area contributed by atoms with E-state index in [9.17, 15) is 9.59 Å². The SMILES string of the molecule is CC(C(=O)C(=O)O)C1CCCC1. The number of aliphatic carboxylic acids is 1. The molecule has 1 rings (SSSR count). The van der Waals surface area contributed by atoms with Gasteiger partial charge in [0.2, 0.25) is 5.78 Å². The van der Waals surface area contributed by atoms with E-state index in [0.717, 1.165) is 25.7 Å². The van der Waals surface area contributed by atoms with Crippen molar-refractivity contribution in [3.63, 3.8) is 0 Å². The Balaban J connectivity index is 2.51. The largest absolute Gasteiger partial charge is 0.475 e. The van der Waals surface area contributed by atoms with Crippen LogP contribution in [0.1, 0.15) is 32.6 Å². The van der Waals surface area contributed by atoms with E-state index in [-0.39, 0.29) is 5.92 Å². The van der Waals surface area contributed by atoms with Crippen LogP contribution < -0.4 is 0 Å². The number of carbonyl (C=O) groups excluding carboxylic acids is 1. The molecule has 0 radical (unpaired) electrons. The monoisotopic (exact) mass is 170 g/mol. The van der Waals surface area contributed by atoms with Crippen molar-refractivity contribution in [2.75, 3.05) is 0 Å². The molecule has 1 aliphatic carbocycles. The van der Waals surface area contributed by atoms with Gasteiger partial charge in [-0.25, -0.2) is 4.79 Å². The highest BCUT2D eigenvalue weighted by Crippen LogP contribution is 2.31. The Kier molecular flexibility index (Phi) is 2.84. The average molecular weight is 170 g/mol. The molecule has 0 aromatic heterocycles. The number of carbonyl (C=O) groups is 2. The zero-order chi connectivity index (χ0) is 9.14. The van der Waals surface area contributed by atoms with Crippen molar-refractivity contribution in [1.29, 1.82) is 0 Å². The molecule has 0 amide bonds. The Morgan fingerprint density at radius 3 is 2.25 bits per heavy atom. The van der Waals surface area contributed by atoms with Crippen LogP contribution in [0, 0.1) is 11.8 Å². The summed E-state index contributed by atoms with van der Waals surface area (Å²) < 4.78 is 0. The molecule has 3 nitrogen and oxygen atoms in total. The van der Waals surface area contributed by atoms with E-state index >= 15 is 0 Å². The third-order valence-electron chi connectivity index (χ3n) is 2.73. The quantitative estimate of drug-likeness (QED) is 0.652. The first-order chi connectivity index (χ1) is 5.63. The van der Waals surface area contributed by atoms with Crippen molar-refractivity contribution in [1.82, 2.24) is 0 Å². The minimum Gasteiger partial charge on any atom is -0.475 e. The van der Waals surface area contributed by atoms with Crippen LogP contribution in [0.2, 0.25) is 0 Å². The highest BCUT2D eigenvalue weighted by molar-refractivity contribution is 6.33. The summed E-state index contributed by atoms with van der Waals surface area (Å²) in [6.07, 6.45) is 4.31. The van der Waals surface area contributed by atoms with Gasteiger partial charge in [-0.1, -0.05) is 19.8 Å². The number of carboxylic acid groups (broad SMARTS) is 1. The van der Waals surface area contributed by atoms with Crippen molar-refractivity contribution in [2.45, 2.75) is 32.6 Å². The zero-order valence-electron chi connectivity index (χ0n) is 7.25. The summed E-state index contributed by atoms with van der Waals surface area (Å²) in [5.74, 6) is -1.88. The van der Waals surface area contributed by atoms with Gasteiger partial charge in [0.15, 0.2) is 0 Å². The molecule has 1 atom stereocenters. The molecular weight excluding hydrogens is 156 g/mol. The third kappa shape index (κ3) is 1.84. The van der Waals surface area contributed by atoms with E-state index in [1.54, 1.807) is 6.92 Å². The lowest BCUT2D eigenvalue weighted by Crippen LogP contribution is -2.26. The van der Waals surface area contributed by atoms with Gasteiger partial charge in [0.1, 0.15) is 0 Å². The Labute approximate surface area is 71.8 Å². The normalized spacial score (nSPS) is 20.8. The molecular formula is C9H14O3. The second-order valence-corrected chi connectivity index (χ2v) is 3.50. The van der Waals surface area contributed by atoms with Gasteiger partial charge in [-0.15, -0.1) is 0 Å². The van der Waals surface area contributed by atoms with Gasteiger partial charge >= 0.3 is 5.97 Å². The molecule has 1 N–H and O–H groups in total. The van der Waals surface area contributed by atoms with Gasteiger partial charge in [0.25, 0.3) is 0 Å². The molecule has 12 heavy (non-hydrogen) atoms. The van der Waals surface area contributed by atoms with Crippen LogP contribution in [0.3, 0.4) is 0 Å². The topological polar surface area (TPSA) is 54.4 Å². The Morgan fingerprint density at radius 1 is 1.33 bits per heavy atom. The minimum atomic E-state index is -1.28. The Bertz CT molecular complexity index is 192. The molecule has 0 saturated heterocycles. The van der Waals surface area contributed by atoms with E-state index in [1.807, 2.05) is 0 Å². The summed E-state index contributed by atoms with van der Waals surface area (Å²) in [6, 6.07) is 0. The molecule has 0 aromatic rings. The van der Waals surface area contributed by atoms with Crippen LogP contribution in [-0.4, -0.2) is 16.9 Å². The fourth-order valence-electron chi connectivity index (χ4n) is 1.87. The highest BCUT2D eigenvalue weighted by Gasteiger charge is 2.30. The van der Waals surface area contributed by atoms with Crippen LogP contribution in [0.5, 0.6) is 0 Å². The lowest BCUT2D eigenvalue weighted by Gasteiger charge is -2.14. The maximum atomic E-state index is 11.0. The summed E-state index contributed by atoms with van der Waals surface area (Å²) in [7, 11) is 0. The van der Waals surface area contributed by atoms with E-state index in [2.05, 4.69) is 0 Å². The second-order valence-electron chi connectivity index (χ2n) is 3.50. The third-order valence-corrected chi connectivity index (χ3v) is 2.73. The molecule has 1 aliphatic rings. The minimum absolute atomic E-state index is 0.287. The van der Waals surface area contributed by atoms with Crippen LogP contribution >= 0.6 is 0 Å². The first-order valence-electron chi connectivity index (χ1n) is 4.40. The van der Waals surface area contributed by atoms with Gasteiger partial charge in [-0.2, -0.15) is 0 Å². The predicted molar refractivity (Wildman–Crippen MR) is 43.8 cm³/mol. The summed E-state index contributed by atoms with van der Waals surface area (Å²) in [5, 5.41) is 8.46. The summed E-state index contributed by atoms with van der Waals surface area (Å²) in [4.78, 5) is 21.4. The lowest BCUT2D eigenvalue weighted by molar-refractivity contribution is -0.151.